The Morgan fingerprint density at radius 3 is 2.55 bits per heavy atom. The third-order valence-electron chi connectivity index (χ3n) is 7.26. The lowest BCUT2D eigenvalue weighted by Crippen LogP contribution is -2.49. The number of carbonyl (C=O) groups excluding carboxylic acids is 3. The van der Waals surface area contributed by atoms with Gasteiger partial charge in [0.05, 0.1) is 48.7 Å². The van der Waals surface area contributed by atoms with Crippen LogP contribution in [0.25, 0.3) is 22.5 Å². The number of hydrogen-bond donors (Lipinski definition) is 4. The fraction of sp³-hybridized carbons (Fsp3) is 0.357. The van der Waals surface area contributed by atoms with Gasteiger partial charge in [0.1, 0.15) is 11.4 Å². The zero-order valence-corrected chi connectivity index (χ0v) is 22.0. The van der Waals surface area contributed by atoms with E-state index in [1.807, 2.05) is 23.1 Å². The van der Waals surface area contributed by atoms with Crippen molar-refractivity contribution in [1.29, 1.82) is 0 Å². The number of nitrogens with one attached hydrogen (secondary N) is 4. The molecule has 12 nitrogen and oxygen atoms in total. The van der Waals surface area contributed by atoms with Gasteiger partial charge in [0, 0.05) is 50.4 Å². The maximum Gasteiger partial charge on any atom is 0.333 e. The molecule has 2 fully saturated rings. The van der Waals surface area contributed by atoms with E-state index in [2.05, 4.69) is 26.3 Å². The molecule has 12 heteroatoms. The first-order valence-corrected chi connectivity index (χ1v) is 13.5. The Morgan fingerprint density at radius 1 is 1.00 bits per heavy atom. The Balaban J connectivity index is 1.12. The highest BCUT2D eigenvalue weighted by atomic mass is 16.5. The maximum atomic E-state index is 13.6. The summed E-state index contributed by atoms with van der Waals surface area (Å²) in [6.45, 7) is 5.67. The summed E-state index contributed by atoms with van der Waals surface area (Å²) in [6, 6.07) is 12.2. The molecule has 3 amide bonds. The monoisotopic (exact) mass is 545 g/mol. The normalized spacial score (nSPS) is 16.8. The van der Waals surface area contributed by atoms with Gasteiger partial charge in [-0.15, -0.1) is 0 Å². The highest BCUT2D eigenvalue weighted by Gasteiger charge is 2.35. The largest absolute Gasteiger partial charge is 0.493 e. The molecule has 3 heterocycles. The van der Waals surface area contributed by atoms with E-state index in [0.29, 0.717) is 78.8 Å². The number of nitrogens with zero attached hydrogens (tertiary/aromatic N) is 3. The third-order valence-corrected chi connectivity index (χ3v) is 7.26. The van der Waals surface area contributed by atoms with E-state index in [1.54, 1.807) is 29.3 Å². The van der Waals surface area contributed by atoms with Crippen LogP contribution in [-0.4, -0.2) is 96.9 Å². The fourth-order valence-corrected chi connectivity index (χ4v) is 5.21. The lowest BCUT2D eigenvalue weighted by Gasteiger charge is -2.27. The second-order valence-corrected chi connectivity index (χ2v) is 9.80. The van der Waals surface area contributed by atoms with E-state index in [9.17, 15) is 14.4 Å². The van der Waals surface area contributed by atoms with Crippen molar-refractivity contribution in [2.45, 2.75) is 6.42 Å². The summed E-state index contributed by atoms with van der Waals surface area (Å²) in [5, 5.41) is 15.3. The lowest BCUT2D eigenvalue weighted by molar-refractivity contribution is -0.132. The van der Waals surface area contributed by atoms with Gasteiger partial charge >= 0.3 is 6.03 Å². The number of morpholine rings is 1. The van der Waals surface area contributed by atoms with Crippen LogP contribution >= 0.6 is 0 Å². The molecule has 0 radical (unpaired) electrons. The second kappa shape index (κ2) is 11.5. The Labute approximate surface area is 231 Å². The number of urea groups is 1. The minimum absolute atomic E-state index is 0.0933. The van der Waals surface area contributed by atoms with Crippen molar-refractivity contribution in [3.8, 4) is 28.3 Å². The molecule has 6 rings (SSSR count). The highest BCUT2D eigenvalue weighted by Crippen LogP contribution is 2.43. The van der Waals surface area contributed by atoms with E-state index >= 15 is 0 Å². The number of piperazine rings is 1. The van der Waals surface area contributed by atoms with Gasteiger partial charge in [-0.25, -0.2) is 9.80 Å². The van der Waals surface area contributed by atoms with Crippen molar-refractivity contribution in [3.05, 3.63) is 53.6 Å². The molecule has 0 atom stereocenters. The van der Waals surface area contributed by atoms with E-state index < -0.39 is 6.03 Å². The number of H-pyrrole nitrogens is 1. The predicted octanol–water partition coefficient (Wildman–Crippen LogP) is 1.86. The van der Waals surface area contributed by atoms with Crippen LogP contribution in [0.3, 0.4) is 0 Å². The smallest absolute Gasteiger partial charge is 0.333 e. The first kappa shape index (κ1) is 26.0. The molecule has 1 aromatic heterocycles. The van der Waals surface area contributed by atoms with Gasteiger partial charge < -0.3 is 25.0 Å². The van der Waals surface area contributed by atoms with Crippen LogP contribution in [0.4, 0.5) is 10.5 Å². The van der Waals surface area contributed by atoms with Crippen LogP contribution in [0.1, 0.15) is 22.3 Å². The van der Waals surface area contributed by atoms with E-state index in [0.717, 1.165) is 31.7 Å². The molecule has 1 aliphatic carbocycles. The second-order valence-electron chi connectivity index (χ2n) is 9.80. The molecule has 3 aliphatic rings. The SMILES string of the molecule is O=C(Nc1cccc2c1C(=O)c1c(-c3ccc(OCCC(=O)N4CCNCC4)cc3)n[nH]c1-2)NN1CCOCC1. The van der Waals surface area contributed by atoms with Gasteiger partial charge in [0.25, 0.3) is 0 Å². The van der Waals surface area contributed by atoms with Crippen LogP contribution in [0.15, 0.2) is 42.5 Å². The number of ether oxygens (including phenoxy) is 2. The number of benzene rings is 2. The molecule has 0 unspecified atom stereocenters. The average molecular weight is 546 g/mol. The maximum absolute atomic E-state index is 13.6. The van der Waals surface area contributed by atoms with Crippen LogP contribution in [0.2, 0.25) is 0 Å². The molecule has 3 aromatic rings. The van der Waals surface area contributed by atoms with Crippen LogP contribution in [0, 0.1) is 0 Å². The molecule has 2 aromatic carbocycles. The Bertz CT molecular complexity index is 1410. The van der Waals surface area contributed by atoms with E-state index in [4.69, 9.17) is 9.47 Å². The number of amides is 3. The molecule has 2 saturated heterocycles. The number of rotatable bonds is 7. The molecule has 0 saturated carbocycles. The summed E-state index contributed by atoms with van der Waals surface area (Å²) in [5.41, 5.74) is 6.73. The highest BCUT2D eigenvalue weighted by molar-refractivity contribution is 6.26. The molecule has 40 heavy (non-hydrogen) atoms. The van der Waals surface area contributed by atoms with E-state index in [1.165, 1.54) is 0 Å². The molecule has 0 bridgehead atoms. The van der Waals surface area contributed by atoms with Gasteiger partial charge in [-0.3, -0.25) is 20.1 Å². The number of hydrogen-bond acceptors (Lipinski definition) is 8. The summed E-state index contributed by atoms with van der Waals surface area (Å²) in [5.74, 6) is 0.523. The Kier molecular flexibility index (Phi) is 7.45. The number of anilines is 1. The minimum atomic E-state index is -0.415. The molecule has 0 spiro atoms. The summed E-state index contributed by atoms with van der Waals surface area (Å²) in [7, 11) is 0. The van der Waals surface area contributed by atoms with Gasteiger partial charge in [-0.1, -0.05) is 12.1 Å². The molecule has 4 N–H and O–H groups in total. The van der Waals surface area contributed by atoms with Crippen LogP contribution in [0.5, 0.6) is 5.75 Å². The number of fused-ring (bicyclic) bond motifs is 3. The summed E-state index contributed by atoms with van der Waals surface area (Å²) < 4.78 is 11.1. The first-order chi connectivity index (χ1) is 19.6. The van der Waals surface area contributed by atoms with Crippen molar-refractivity contribution < 1.29 is 23.9 Å². The Hall–Kier alpha value is -4.26. The van der Waals surface area contributed by atoms with Crippen LogP contribution < -0.4 is 20.8 Å². The number of aromatic nitrogens is 2. The van der Waals surface area contributed by atoms with E-state index in [-0.39, 0.29) is 11.7 Å². The van der Waals surface area contributed by atoms with Crippen molar-refractivity contribution >= 4 is 23.4 Å². The standard InChI is InChI=1S/C28H31N7O5/c36-22(34-11-9-29-10-12-34)8-15-40-19-6-4-18(5-7-19)25-24-26(32-31-25)20-2-1-3-21(23(20)27(24)37)30-28(38)33-35-13-16-39-17-14-35/h1-7,29H,8-17H2,(H,31,32)(H2,30,33,38). The van der Waals surface area contributed by atoms with Crippen molar-refractivity contribution in [2.75, 3.05) is 64.4 Å². The number of aromatic amines is 1. The van der Waals surface area contributed by atoms with Crippen LogP contribution in [-0.2, 0) is 9.53 Å². The zero-order chi connectivity index (χ0) is 27.5. The van der Waals surface area contributed by atoms with Crippen molar-refractivity contribution in [2.24, 2.45) is 0 Å². The van der Waals surface area contributed by atoms with Gasteiger partial charge in [0.15, 0.2) is 5.78 Å². The average Bonchev–Trinajstić information content (AvgIpc) is 3.54. The topological polar surface area (TPSA) is 141 Å². The fourth-order valence-electron chi connectivity index (χ4n) is 5.21. The minimum Gasteiger partial charge on any atom is -0.493 e. The summed E-state index contributed by atoms with van der Waals surface area (Å²) in [4.78, 5) is 40.5. The summed E-state index contributed by atoms with van der Waals surface area (Å²) >= 11 is 0. The number of carbonyl (C=O) groups is 3. The predicted molar refractivity (Wildman–Crippen MR) is 147 cm³/mol. The zero-order valence-electron chi connectivity index (χ0n) is 22.0. The molecule has 208 valence electrons. The molecule has 2 aliphatic heterocycles. The van der Waals surface area contributed by atoms with Gasteiger partial charge in [-0.2, -0.15) is 5.10 Å². The first-order valence-electron chi connectivity index (χ1n) is 13.5. The van der Waals surface area contributed by atoms with Crippen molar-refractivity contribution in [1.82, 2.24) is 30.8 Å². The quantitative estimate of drug-likeness (QED) is 0.276. The van der Waals surface area contributed by atoms with Crippen molar-refractivity contribution in [3.63, 3.8) is 0 Å². The Morgan fingerprint density at radius 2 is 1.77 bits per heavy atom. The number of ketones is 1. The lowest BCUT2D eigenvalue weighted by atomic mass is 10.0. The number of hydrazine groups is 1. The van der Waals surface area contributed by atoms with Gasteiger partial charge in [0.2, 0.25) is 5.91 Å². The molecular weight excluding hydrogens is 514 g/mol. The van der Waals surface area contributed by atoms with Gasteiger partial charge in [-0.05, 0) is 30.3 Å². The third kappa shape index (κ3) is 5.28. The molecular formula is C28H31N7O5. The summed E-state index contributed by atoms with van der Waals surface area (Å²) in [6.07, 6.45) is 0.322.